The lowest BCUT2D eigenvalue weighted by Gasteiger charge is -2.26. The average molecular weight is 194 g/mol. The van der Waals surface area contributed by atoms with E-state index in [4.69, 9.17) is 0 Å². The minimum atomic E-state index is 0.0266. The Labute approximate surface area is 82.5 Å². The van der Waals surface area contributed by atoms with E-state index in [-0.39, 0.29) is 12.1 Å². The van der Waals surface area contributed by atoms with E-state index in [0.717, 1.165) is 5.82 Å². The van der Waals surface area contributed by atoms with Crippen LogP contribution in [0.3, 0.4) is 0 Å². The molecule has 1 N–H and O–H groups in total. The van der Waals surface area contributed by atoms with Gasteiger partial charge in [-0.2, -0.15) is 0 Å². The Kier molecular flexibility index (Phi) is 2.33. The molecular weight excluding hydrogens is 180 g/mol. The molecule has 5 heteroatoms. The number of piperidine rings is 1. The average Bonchev–Trinajstić information content (AvgIpc) is 2.49. The van der Waals surface area contributed by atoms with Crippen molar-refractivity contribution in [2.75, 3.05) is 0 Å². The van der Waals surface area contributed by atoms with Gasteiger partial charge in [0.1, 0.15) is 17.9 Å². The van der Waals surface area contributed by atoms with Crippen LogP contribution in [-0.4, -0.2) is 26.6 Å². The first kappa shape index (κ1) is 9.33. The summed E-state index contributed by atoms with van der Waals surface area (Å²) in [5.74, 6) is 1.13. The zero-order chi connectivity index (χ0) is 10.1. The van der Waals surface area contributed by atoms with Gasteiger partial charge in [0.15, 0.2) is 0 Å². The summed E-state index contributed by atoms with van der Waals surface area (Å²) in [6.45, 7) is 2.01. The van der Waals surface area contributed by atoms with E-state index in [9.17, 15) is 4.79 Å². The van der Waals surface area contributed by atoms with Gasteiger partial charge in [-0.05, 0) is 6.92 Å². The van der Waals surface area contributed by atoms with Crippen molar-refractivity contribution < 1.29 is 4.79 Å². The zero-order valence-electron chi connectivity index (χ0n) is 8.40. The minimum Gasteiger partial charge on any atom is -0.319 e. The fourth-order valence-electron chi connectivity index (χ4n) is 1.89. The second kappa shape index (κ2) is 3.49. The first-order valence-corrected chi connectivity index (χ1v) is 4.78. The highest BCUT2D eigenvalue weighted by molar-refractivity contribution is 5.80. The van der Waals surface area contributed by atoms with E-state index in [1.54, 1.807) is 6.33 Å². The molecule has 1 aromatic rings. The van der Waals surface area contributed by atoms with Gasteiger partial charge in [-0.15, -0.1) is 10.2 Å². The molecular formula is C9H14N4O. The van der Waals surface area contributed by atoms with Crippen LogP contribution in [0.5, 0.6) is 0 Å². The molecule has 0 aliphatic carbocycles. The van der Waals surface area contributed by atoms with Gasteiger partial charge in [-0.1, -0.05) is 0 Å². The van der Waals surface area contributed by atoms with Crippen LogP contribution in [-0.2, 0) is 11.8 Å². The molecule has 0 radical (unpaired) electrons. The number of carbonyl (C=O) groups is 1. The van der Waals surface area contributed by atoms with Crippen molar-refractivity contribution in [3.63, 3.8) is 0 Å². The fourth-order valence-corrected chi connectivity index (χ4v) is 1.89. The molecule has 1 aliphatic heterocycles. The number of carbonyl (C=O) groups excluding carboxylic acids is 1. The molecule has 2 heterocycles. The van der Waals surface area contributed by atoms with Crippen LogP contribution >= 0.6 is 0 Å². The highest BCUT2D eigenvalue weighted by Gasteiger charge is 2.27. The third kappa shape index (κ3) is 1.68. The first-order valence-electron chi connectivity index (χ1n) is 4.78. The monoisotopic (exact) mass is 194 g/mol. The van der Waals surface area contributed by atoms with Crippen molar-refractivity contribution >= 4 is 5.78 Å². The summed E-state index contributed by atoms with van der Waals surface area (Å²) >= 11 is 0. The molecule has 0 bridgehead atoms. The Balaban J connectivity index is 2.19. The number of nitrogens with zero attached hydrogens (tertiary/aromatic N) is 3. The van der Waals surface area contributed by atoms with Crippen LogP contribution in [0.15, 0.2) is 6.33 Å². The number of aryl methyl sites for hydroxylation is 1. The van der Waals surface area contributed by atoms with Crippen LogP contribution in [0.1, 0.15) is 31.6 Å². The predicted octanol–water partition coefficient (Wildman–Crippen LogP) is 0.197. The molecule has 1 saturated heterocycles. The summed E-state index contributed by atoms with van der Waals surface area (Å²) in [5.41, 5.74) is 0. The van der Waals surface area contributed by atoms with Crippen LogP contribution in [0.4, 0.5) is 0 Å². The molecule has 76 valence electrons. The molecule has 14 heavy (non-hydrogen) atoms. The van der Waals surface area contributed by atoms with Crippen molar-refractivity contribution in [2.45, 2.75) is 31.8 Å². The van der Waals surface area contributed by atoms with Crippen molar-refractivity contribution in [3.05, 3.63) is 12.2 Å². The quantitative estimate of drug-likeness (QED) is 0.693. The molecule has 0 amide bonds. The lowest BCUT2D eigenvalue weighted by Crippen LogP contribution is -2.39. The van der Waals surface area contributed by atoms with Crippen molar-refractivity contribution in [3.8, 4) is 0 Å². The molecule has 0 spiro atoms. The first-order chi connectivity index (χ1) is 6.66. The van der Waals surface area contributed by atoms with Gasteiger partial charge >= 0.3 is 0 Å². The molecule has 0 saturated carbocycles. The van der Waals surface area contributed by atoms with Crippen LogP contribution in [0, 0.1) is 0 Å². The van der Waals surface area contributed by atoms with Crippen molar-refractivity contribution in [1.29, 1.82) is 0 Å². The number of nitrogens with one attached hydrogen (secondary N) is 1. The predicted molar refractivity (Wildman–Crippen MR) is 50.6 cm³/mol. The lowest BCUT2D eigenvalue weighted by molar-refractivity contribution is -0.121. The second-order valence-corrected chi connectivity index (χ2v) is 3.87. The van der Waals surface area contributed by atoms with E-state index in [0.29, 0.717) is 18.6 Å². The highest BCUT2D eigenvalue weighted by Crippen LogP contribution is 2.20. The number of aromatic nitrogens is 3. The summed E-state index contributed by atoms with van der Waals surface area (Å²) in [6.07, 6.45) is 2.80. The maximum absolute atomic E-state index is 11.4. The SMILES string of the molecule is CC1CC(=O)CC(c2nncn2C)N1. The van der Waals surface area contributed by atoms with E-state index in [2.05, 4.69) is 15.5 Å². The number of hydrogen-bond acceptors (Lipinski definition) is 4. The Morgan fingerprint density at radius 2 is 2.36 bits per heavy atom. The van der Waals surface area contributed by atoms with E-state index in [1.807, 2.05) is 18.5 Å². The normalized spacial score (nSPS) is 28.0. The maximum atomic E-state index is 11.4. The Morgan fingerprint density at radius 1 is 1.57 bits per heavy atom. The standard InChI is InChI=1S/C9H14N4O/c1-6-3-7(14)4-8(11-6)9-12-10-5-13(9)2/h5-6,8,11H,3-4H2,1-2H3. The van der Waals surface area contributed by atoms with Gasteiger partial charge in [-0.25, -0.2) is 0 Å². The van der Waals surface area contributed by atoms with Crippen molar-refractivity contribution in [2.24, 2.45) is 7.05 Å². The van der Waals surface area contributed by atoms with Crippen LogP contribution in [0.2, 0.25) is 0 Å². The molecule has 2 unspecified atom stereocenters. The number of rotatable bonds is 1. The minimum absolute atomic E-state index is 0.0266. The second-order valence-electron chi connectivity index (χ2n) is 3.87. The third-order valence-electron chi connectivity index (χ3n) is 2.51. The van der Waals surface area contributed by atoms with Gasteiger partial charge in [0.25, 0.3) is 0 Å². The highest BCUT2D eigenvalue weighted by atomic mass is 16.1. The number of ketones is 1. The van der Waals surface area contributed by atoms with Crippen molar-refractivity contribution in [1.82, 2.24) is 20.1 Å². The molecule has 1 aliphatic rings. The van der Waals surface area contributed by atoms with Gasteiger partial charge in [-0.3, -0.25) is 4.79 Å². The summed E-state index contributed by atoms with van der Waals surface area (Å²) in [5, 5.41) is 11.2. The molecule has 1 aromatic heterocycles. The smallest absolute Gasteiger partial charge is 0.150 e. The van der Waals surface area contributed by atoms with Crippen LogP contribution in [0.25, 0.3) is 0 Å². The van der Waals surface area contributed by atoms with Gasteiger partial charge < -0.3 is 9.88 Å². The molecule has 5 nitrogen and oxygen atoms in total. The van der Waals surface area contributed by atoms with Crippen LogP contribution < -0.4 is 5.32 Å². The van der Waals surface area contributed by atoms with Gasteiger partial charge in [0.05, 0.1) is 6.04 Å². The number of Topliss-reactive ketones (excluding diaryl/α,β-unsaturated/α-hetero) is 1. The Morgan fingerprint density at radius 3 is 2.93 bits per heavy atom. The van der Waals surface area contributed by atoms with Gasteiger partial charge in [0.2, 0.25) is 0 Å². The summed E-state index contributed by atoms with van der Waals surface area (Å²) in [7, 11) is 1.89. The van der Waals surface area contributed by atoms with E-state index < -0.39 is 0 Å². The fraction of sp³-hybridized carbons (Fsp3) is 0.667. The van der Waals surface area contributed by atoms with Gasteiger partial charge in [0, 0.05) is 25.9 Å². The summed E-state index contributed by atoms with van der Waals surface area (Å²) in [6, 6.07) is 0.261. The Bertz CT molecular complexity index is 346. The topological polar surface area (TPSA) is 59.8 Å². The maximum Gasteiger partial charge on any atom is 0.150 e. The zero-order valence-corrected chi connectivity index (χ0v) is 8.40. The molecule has 2 rings (SSSR count). The molecule has 0 aromatic carbocycles. The van der Waals surface area contributed by atoms with E-state index >= 15 is 0 Å². The third-order valence-corrected chi connectivity index (χ3v) is 2.51. The Hall–Kier alpha value is -1.23. The van der Waals surface area contributed by atoms with E-state index in [1.165, 1.54) is 0 Å². The largest absolute Gasteiger partial charge is 0.319 e. The molecule has 2 atom stereocenters. The molecule has 1 fully saturated rings. The number of hydrogen-bond donors (Lipinski definition) is 1. The lowest BCUT2D eigenvalue weighted by atomic mass is 9.98. The summed E-state index contributed by atoms with van der Waals surface area (Å²) < 4.78 is 1.85. The summed E-state index contributed by atoms with van der Waals surface area (Å²) in [4.78, 5) is 11.4.